The number of hydrogen-bond acceptors (Lipinski definition) is 3. The average molecular weight is 535 g/mol. The number of nitrogens with one attached hydrogen (secondary N) is 1. The van der Waals surface area contributed by atoms with Gasteiger partial charge in [0.2, 0.25) is 0 Å². The minimum Gasteiger partial charge on any atom is -0.298 e. The largest absolute Gasteiger partial charge is 0.298 e. The van der Waals surface area contributed by atoms with Crippen LogP contribution in [0.5, 0.6) is 0 Å². The molecule has 0 fully saturated rings. The van der Waals surface area contributed by atoms with Gasteiger partial charge < -0.3 is 0 Å². The monoisotopic (exact) mass is 533 g/mol. The van der Waals surface area contributed by atoms with Crippen LogP contribution in [0.1, 0.15) is 38.2 Å². The van der Waals surface area contributed by atoms with E-state index in [9.17, 15) is 10.1 Å². The highest BCUT2D eigenvalue weighted by Gasteiger charge is 2.48. The molecule has 2 aliphatic rings. The molecule has 1 aliphatic carbocycles. The number of rotatable bonds is 2. The van der Waals surface area contributed by atoms with E-state index in [0.717, 1.165) is 0 Å². The Morgan fingerprint density at radius 2 is 1.94 bits per heavy atom. The summed E-state index contributed by atoms with van der Waals surface area (Å²) in [4.78, 5) is 14.9. The van der Waals surface area contributed by atoms with Gasteiger partial charge in [-0.05, 0) is 47.7 Å². The van der Waals surface area contributed by atoms with Crippen LogP contribution < -0.4 is 4.90 Å². The highest BCUT2D eigenvalue weighted by atomic mass is 79.9. The topological polar surface area (TPSA) is 68.0 Å². The number of hydrogen-bond donors (Lipinski definition) is 1. The van der Waals surface area contributed by atoms with Crippen LogP contribution in [0.4, 0.5) is 10.1 Å². The zero-order valence-corrected chi connectivity index (χ0v) is 20.4. The lowest BCUT2D eigenvalue weighted by Crippen LogP contribution is -2.48. The third-order valence-corrected chi connectivity index (χ3v) is 6.99. The summed E-state index contributed by atoms with van der Waals surface area (Å²) in [6.45, 7) is 3.93. The molecule has 0 amide bonds. The maximum absolute atomic E-state index is 15.0. The second-order valence-corrected chi connectivity index (χ2v) is 10.6. The van der Waals surface area contributed by atoms with Gasteiger partial charge >= 0.3 is 0 Å². The molecule has 164 valence electrons. The highest BCUT2D eigenvalue weighted by molar-refractivity contribution is 9.10. The summed E-state index contributed by atoms with van der Waals surface area (Å²) in [5.74, 6) is -2.52. The predicted octanol–water partition coefficient (Wildman–Crippen LogP) is 7.26. The molecule has 32 heavy (non-hydrogen) atoms. The Bertz CT molecular complexity index is 1230. The number of nitrogens with zero attached hydrogens (tertiary/aromatic N) is 2. The number of nitriles is 1. The van der Waals surface area contributed by atoms with E-state index in [-0.39, 0.29) is 29.1 Å². The van der Waals surface area contributed by atoms with Crippen molar-refractivity contribution in [2.75, 3.05) is 4.90 Å². The number of Topliss-reactive ketones (excluding diaryl/α,β-unsaturated/α-hetero) is 1. The molecule has 1 N–H and O–H groups in total. The number of benzene rings is 2. The third-order valence-electron chi connectivity index (χ3n) is 5.93. The number of carbonyl (C=O) groups is 1. The van der Waals surface area contributed by atoms with Crippen molar-refractivity contribution in [2.24, 2.45) is 11.3 Å². The summed E-state index contributed by atoms with van der Waals surface area (Å²) < 4.78 is 15.6. The Kier molecular flexibility index (Phi) is 5.96. The molecule has 2 aromatic rings. The molecule has 2 aromatic carbocycles. The smallest absolute Gasteiger partial charge is 0.161 e. The Morgan fingerprint density at radius 3 is 2.56 bits per heavy atom. The van der Waals surface area contributed by atoms with Crippen molar-refractivity contribution in [3.63, 3.8) is 0 Å². The van der Waals surface area contributed by atoms with Crippen molar-refractivity contribution < 1.29 is 9.18 Å². The van der Waals surface area contributed by atoms with Gasteiger partial charge in [-0.15, -0.1) is 0 Å². The minimum atomic E-state index is -1.03. The van der Waals surface area contributed by atoms with Gasteiger partial charge in [0, 0.05) is 38.1 Å². The molecule has 1 heterocycles. The fourth-order valence-electron chi connectivity index (χ4n) is 4.63. The van der Waals surface area contributed by atoms with Gasteiger partial charge in [-0.1, -0.05) is 59.0 Å². The van der Waals surface area contributed by atoms with Crippen molar-refractivity contribution in [2.45, 2.75) is 32.6 Å². The van der Waals surface area contributed by atoms with Crippen LogP contribution in [-0.4, -0.2) is 11.6 Å². The van der Waals surface area contributed by atoms with Crippen LogP contribution in [-0.2, 0) is 4.79 Å². The average Bonchev–Trinajstić information content (AvgIpc) is 2.68. The Labute approximate surface area is 204 Å². The summed E-state index contributed by atoms with van der Waals surface area (Å²) in [5.41, 5.74) is 1.27. The fraction of sp³-hybridized carbons (Fsp3) is 0.292. The first-order valence-electron chi connectivity index (χ1n) is 9.98. The molecule has 4 rings (SSSR count). The Morgan fingerprint density at radius 1 is 1.22 bits per heavy atom. The second kappa shape index (κ2) is 8.30. The lowest BCUT2D eigenvalue weighted by Gasteiger charge is -2.46. The van der Waals surface area contributed by atoms with E-state index in [4.69, 9.17) is 28.6 Å². The molecule has 2 unspecified atom stereocenters. The van der Waals surface area contributed by atoms with Crippen LogP contribution in [0.2, 0.25) is 10.0 Å². The molecular formula is C24H19BrCl2FN3O. The number of halogens is 4. The SMILES string of the molecule is CC1(C)CC(=O)C2=C(C1)N(c1ccc(Br)cc1F)C(=N)C(C#N)C2c1ccc(Cl)cc1Cl. The molecule has 0 radical (unpaired) electrons. The van der Waals surface area contributed by atoms with Crippen molar-refractivity contribution in [3.8, 4) is 6.07 Å². The van der Waals surface area contributed by atoms with Crippen LogP contribution in [0.15, 0.2) is 52.1 Å². The molecule has 0 bridgehead atoms. The molecule has 0 saturated heterocycles. The molecular weight excluding hydrogens is 516 g/mol. The maximum Gasteiger partial charge on any atom is 0.161 e. The van der Waals surface area contributed by atoms with Crippen molar-refractivity contribution in [3.05, 3.63) is 73.6 Å². The molecule has 4 nitrogen and oxygen atoms in total. The first kappa shape index (κ1) is 23.0. The molecule has 0 spiro atoms. The van der Waals surface area contributed by atoms with E-state index in [1.165, 1.54) is 11.0 Å². The van der Waals surface area contributed by atoms with Gasteiger partial charge in [-0.3, -0.25) is 15.1 Å². The van der Waals surface area contributed by atoms with Gasteiger partial charge in [-0.25, -0.2) is 4.39 Å². The van der Waals surface area contributed by atoms with Crippen LogP contribution in [0, 0.1) is 33.9 Å². The first-order chi connectivity index (χ1) is 15.0. The van der Waals surface area contributed by atoms with Gasteiger partial charge in [-0.2, -0.15) is 5.26 Å². The molecule has 1 aliphatic heterocycles. The Balaban J connectivity index is 2.03. The second-order valence-electron chi connectivity index (χ2n) is 8.87. The Hall–Kier alpha value is -2.20. The summed E-state index contributed by atoms with van der Waals surface area (Å²) in [7, 11) is 0. The third kappa shape index (κ3) is 3.87. The highest BCUT2D eigenvalue weighted by Crippen LogP contribution is 2.51. The van der Waals surface area contributed by atoms with E-state index >= 15 is 4.39 Å². The van der Waals surface area contributed by atoms with E-state index in [1.807, 2.05) is 13.8 Å². The number of allylic oxidation sites excluding steroid dienone is 2. The van der Waals surface area contributed by atoms with E-state index in [0.29, 0.717) is 37.8 Å². The summed E-state index contributed by atoms with van der Waals surface area (Å²) >= 11 is 15.8. The van der Waals surface area contributed by atoms with Crippen LogP contribution in [0.3, 0.4) is 0 Å². The summed E-state index contributed by atoms with van der Waals surface area (Å²) in [5, 5.41) is 19.7. The standard InChI is InChI=1S/C24H19BrCl2FN3O/c1-24(2)9-19-22(20(32)10-24)21(14-5-4-13(26)8-16(14)27)15(11-29)23(30)31(19)18-6-3-12(25)7-17(18)28/h3-8,15,21,30H,9-10H2,1-2H3. The fourth-order valence-corrected chi connectivity index (χ4v) is 5.48. The van der Waals surface area contributed by atoms with Gasteiger partial charge in [0.15, 0.2) is 5.78 Å². The van der Waals surface area contributed by atoms with Gasteiger partial charge in [0.25, 0.3) is 0 Å². The van der Waals surface area contributed by atoms with Gasteiger partial charge in [0.1, 0.15) is 17.6 Å². The van der Waals surface area contributed by atoms with Crippen molar-refractivity contribution in [1.82, 2.24) is 0 Å². The molecule has 2 atom stereocenters. The maximum atomic E-state index is 15.0. The number of amidine groups is 1. The quantitative estimate of drug-likeness (QED) is 0.440. The predicted molar refractivity (Wildman–Crippen MR) is 128 cm³/mol. The van der Waals surface area contributed by atoms with E-state index < -0.39 is 17.7 Å². The van der Waals surface area contributed by atoms with Crippen molar-refractivity contribution in [1.29, 1.82) is 10.7 Å². The number of carbonyl (C=O) groups excluding carboxylic acids is 1. The van der Waals surface area contributed by atoms with Crippen LogP contribution >= 0.6 is 39.1 Å². The molecule has 0 saturated carbocycles. The van der Waals surface area contributed by atoms with Crippen molar-refractivity contribution >= 4 is 56.4 Å². The number of anilines is 1. The lowest BCUT2D eigenvalue weighted by molar-refractivity contribution is -0.118. The zero-order valence-electron chi connectivity index (χ0n) is 17.3. The molecule has 0 aromatic heterocycles. The number of ketones is 1. The summed E-state index contributed by atoms with van der Waals surface area (Å²) in [6.07, 6.45) is 0.738. The summed E-state index contributed by atoms with van der Waals surface area (Å²) in [6, 6.07) is 11.6. The normalized spacial score (nSPS) is 22.6. The lowest BCUT2D eigenvalue weighted by atomic mass is 9.66. The van der Waals surface area contributed by atoms with E-state index in [2.05, 4.69) is 22.0 Å². The minimum absolute atomic E-state index is 0.0889. The first-order valence-corrected chi connectivity index (χ1v) is 11.5. The van der Waals surface area contributed by atoms with Crippen LogP contribution in [0.25, 0.3) is 0 Å². The van der Waals surface area contributed by atoms with Gasteiger partial charge in [0.05, 0.1) is 11.8 Å². The van der Waals surface area contributed by atoms with E-state index in [1.54, 1.807) is 30.3 Å². The molecule has 8 heteroatoms. The zero-order chi connectivity index (χ0) is 23.4.